The van der Waals surface area contributed by atoms with E-state index in [-0.39, 0.29) is 24.4 Å². The Hall–Kier alpha value is -1.60. The van der Waals surface area contributed by atoms with Gasteiger partial charge in [0.25, 0.3) is 0 Å². The van der Waals surface area contributed by atoms with Crippen LogP contribution in [0, 0.1) is 6.92 Å². The standard InChI is InChI=1S/C20H24BrNO4/c1-12-18(21)15-8-14(9-23)22-16(17(15)19(24)20(12)25-2)11-26-10-13-6-4-3-5-7-13/h3-7,14,16,22-24H,8-11H2,1-2H3/t14-,16-/m0/s1. The first-order valence-electron chi connectivity index (χ1n) is 8.63. The number of benzene rings is 2. The topological polar surface area (TPSA) is 71.0 Å². The largest absolute Gasteiger partial charge is 0.504 e. The molecule has 2 atom stereocenters. The van der Waals surface area contributed by atoms with Crippen LogP contribution in [0.15, 0.2) is 34.8 Å². The monoisotopic (exact) mass is 421 g/mol. The minimum absolute atomic E-state index is 0.0207. The zero-order valence-electron chi connectivity index (χ0n) is 15.0. The van der Waals surface area contributed by atoms with Gasteiger partial charge in [-0.15, -0.1) is 0 Å². The number of hydrogen-bond donors (Lipinski definition) is 3. The van der Waals surface area contributed by atoms with Crippen LogP contribution in [0.4, 0.5) is 0 Å². The van der Waals surface area contributed by atoms with E-state index in [1.165, 1.54) is 0 Å². The van der Waals surface area contributed by atoms with Gasteiger partial charge in [0, 0.05) is 21.6 Å². The second-order valence-corrected chi connectivity index (χ2v) is 7.31. The SMILES string of the molecule is COc1c(C)c(Br)c2c(c1O)[C@H](COCc1ccccc1)N[C@H](CO)C2. The second-order valence-electron chi connectivity index (χ2n) is 6.52. The Morgan fingerprint density at radius 2 is 2.00 bits per heavy atom. The number of phenolic OH excluding ortho intramolecular Hbond substituents is 1. The second kappa shape index (κ2) is 8.39. The Morgan fingerprint density at radius 3 is 2.65 bits per heavy atom. The van der Waals surface area contributed by atoms with Crippen molar-refractivity contribution < 1.29 is 19.7 Å². The summed E-state index contributed by atoms with van der Waals surface area (Å²) < 4.78 is 12.2. The maximum Gasteiger partial charge on any atom is 0.164 e. The van der Waals surface area contributed by atoms with E-state index in [9.17, 15) is 10.2 Å². The van der Waals surface area contributed by atoms with Gasteiger partial charge in [0.15, 0.2) is 11.5 Å². The van der Waals surface area contributed by atoms with Crippen molar-refractivity contribution in [2.24, 2.45) is 0 Å². The van der Waals surface area contributed by atoms with E-state index in [2.05, 4.69) is 21.2 Å². The van der Waals surface area contributed by atoms with E-state index >= 15 is 0 Å². The van der Waals surface area contributed by atoms with Gasteiger partial charge in [0.05, 0.1) is 33.0 Å². The number of aromatic hydroxyl groups is 1. The highest BCUT2D eigenvalue weighted by Crippen LogP contribution is 2.46. The maximum atomic E-state index is 10.8. The molecule has 0 amide bonds. The van der Waals surface area contributed by atoms with Crippen LogP contribution < -0.4 is 10.1 Å². The zero-order chi connectivity index (χ0) is 18.7. The van der Waals surface area contributed by atoms with Gasteiger partial charge in [-0.1, -0.05) is 46.3 Å². The lowest BCUT2D eigenvalue weighted by Gasteiger charge is -2.34. The molecule has 0 saturated carbocycles. The third-order valence-electron chi connectivity index (χ3n) is 4.79. The van der Waals surface area contributed by atoms with Crippen LogP contribution >= 0.6 is 15.9 Å². The van der Waals surface area contributed by atoms with Crippen molar-refractivity contribution in [2.45, 2.75) is 32.0 Å². The number of fused-ring (bicyclic) bond motifs is 1. The number of rotatable bonds is 6. The van der Waals surface area contributed by atoms with Gasteiger partial charge >= 0.3 is 0 Å². The van der Waals surface area contributed by atoms with Gasteiger partial charge in [0.1, 0.15) is 0 Å². The third-order valence-corrected chi connectivity index (χ3v) is 5.86. The molecule has 0 aromatic heterocycles. The summed E-state index contributed by atoms with van der Waals surface area (Å²) in [5.41, 5.74) is 3.71. The Kier molecular flexibility index (Phi) is 6.19. The number of nitrogens with one attached hydrogen (secondary N) is 1. The molecule has 3 rings (SSSR count). The fourth-order valence-corrected chi connectivity index (χ4v) is 4.06. The maximum absolute atomic E-state index is 10.8. The molecule has 140 valence electrons. The summed E-state index contributed by atoms with van der Waals surface area (Å²) in [4.78, 5) is 0. The van der Waals surface area contributed by atoms with Crippen molar-refractivity contribution in [2.75, 3.05) is 20.3 Å². The number of ether oxygens (including phenoxy) is 2. The van der Waals surface area contributed by atoms with Crippen LogP contribution in [-0.4, -0.2) is 36.6 Å². The summed E-state index contributed by atoms with van der Waals surface area (Å²) >= 11 is 3.64. The summed E-state index contributed by atoms with van der Waals surface area (Å²) in [7, 11) is 1.55. The molecule has 2 aromatic rings. The molecule has 1 aliphatic heterocycles. The molecule has 1 aliphatic rings. The molecule has 1 heterocycles. The first kappa shape index (κ1) is 19.2. The van der Waals surface area contributed by atoms with Gasteiger partial charge in [-0.05, 0) is 24.5 Å². The molecule has 0 bridgehead atoms. The van der Waals surface area contributed by atoms with Crippen molar-refractivity contribution in [3.8, 4) is 11.5 Å². The minimum atomic E-state index is -0.231. The average molecular weight is 422 g/mol. The number of phenols is 1. The summed E-state index contributed by atoms with van der Waals surface area (Å²) in [6.45, 7) is 2.79. The molecule has 0 fully saturated rings. The van der Waals surface area contributed by atoms with Crippen LogP contribution in [-0.2, 0) is 17.8 Å². The lowest BCUT2D eigenvalue weighted by molar-refractivity contribution is 0.0861. The summed E-state index contributed by atoms with van der Waals surface area (Å²) in [6, 6.07) is 9.63. The van der Waals surface area contributed by atoms with E-state index in [1.54, 1.807) is 7.11 Å². The summed E-state index contributed by atoms with van der Waals surface area (Å²) in [5, 5.41) is 23.8. The molecular weight excluding hydrogens is 398 g/mol. The van der Waals surface area contributed by atoms with Gasteiger partial charge in [-0.25, -0.2) is 0 Å². The number of aliphatic hydroxyl groups is 1. The molecule has 0 radical (unpaired) electrons. The third kappa shape index (κ3) is 3.74. The van der Waals surface area contributed by atoms with Gasteiger partial charge in [0.2, 0.25) is 0 Å². The first-order chi connectivity index (χ1) is 12.6. The molecule has 5 nitrogen and oxygen atoms in total. The molecule has 0 aliphatic carbocycles. The predicted molar refractivity (Wildman–Crippen MR) is 104 cm³/mol. The Balaban J connectivity index is 1.88. The predicted octanol–water partition coefficient (Wildman–Crippen LogP) is 3.24. The molecule has 0 unspecified atom stereocenters. The fourth-order valence-electron chi connectivity index (χ4n) is 3.50. The minimum Gasteiger partial charge on any atom is -0.504 e. The van der Waals surface area contributed by atoms with E-state index in [1.807, 2.05) is 37.3 Å². The van der Waals surface area contributed by atoms with Crippen LogP contribution in [0.1, 0.15) is 28.3 Å². The van der Waals surface area contributed by atoms with E-state index in [0.717, 1.165) is 26.7 Å². The van der Waals surface area contributed by atoms with Crippen molar-refractivity contribution in [1.82, 2.24) is 5.32 Å². The molecule has 3 N–H and O–H groups in total. The fraction of sp³-hybridized carbons (Fsp3) is 0.400. The van der Waals surface area contributed by atoms with Gasteiger partial charge in [-0.3, -0.25) is 0 Å². The summed E-state index contributed by atoms with van der Waals surface area (Å²) in [6.07, 6.45) is 0.625. The van der Waals surface area contributed by atoms with Crippen molar-refractivity contribution >= 4 is 15.9 Å². The van der Waals surface area contributed by atoms with Gasteiger partial charge < -0.3 is 25.0 Å². The molecule has 0 spiro atoms. The van der Waals surface area contributed by atoms with E-state index in [4.69, 9.17) is 9.47 Å². The van der Waals surface area contributed by atoms with E-state index in [0.29, 0.717) is 25.4 Å². The summed E-state index contributed by atoms with van der Waals surface area (Å²) in [5.74, 6) is 0.605. The highest BCUT2D eigenvalue weighted by Gasteiger charge is 2.33. The molecule has 26 heavy (non-hydrogen) atoms. The average Bonchev–Trinajstić information content (AvgIpc) is 2.67. The van der Waals surface area contributed by atoms with E-state index < -0.39 is 0 Å². The molecule has 2 aromatic carbocycles. The lowest BCUT2D eigenvalue weighted by atomic mass is 9.88. The number of hydrogen-bond acceptors (Lipinski definition) is 5. The van der Waals surface area contributed by atoms with Crippen LogP contribution in [0.25, 0.3) is 0 Å². The normalized spacial score (nSPS) is 19.2. The van der Waals surface area contributed by atoms with Gasteiger partial charge in [-0.2, -0.15) is 0 Å². The first-order valence-corrected chi connectivity index (χ1v) is 9.42. The van der Waals surface area contributed by atoms with Crippen LogP contribution in [0.5, 0.6) is 11.5 Å². The number of aliphatic hydroxyl groups excluding tert-OH is 1. The smallest absolute Gasteiger partial charge is 0.164 e. The molecule has 6 heteroatoms. The van der Waals surface area contributed by atoms with Crippen LogP contribution in [0.3, 0.4) is 0 Å². The Labute approximate surface area is 162 Å². The molecule has 0 saturated heterocycles. The Bertz CT molecular complexity index is 766. The molecular formula is C20H24BrNO4. The van der Waals surface area contributed by atoms with Crippen molar-refractivity contribution in [3.63, 3.8) is 0 Å². The van der Waals surface area contributed by atoms with Crippen LogP contribution in [0.2, 0.25) is 0 Å². The zero-order valence-corrected chi connectivity index (χ0v) is 16.5. The highest BCUT2D eigenvalue weighted by molar-refractivity contribution is 9.10. The highest BCUT2D eigenvalue weighted by atomic mass is 79.9. The lowest BCUT2D eigenvalue weighted by Crippen LogP contribution is -2.43. The van der Waals surface area contributed by atoms with Crippen molar-refractivity contribution in [1.29, 1.82) is 0 Å². The van der Waals surface area contributed by atoms with Crippen molar-refractivity contribution in [3.05, 3.63) is 57.1 Å². The number of methoxy groups -OCH3 is 1. The Morgan fingerprint density at radius 1 is 1.27 bits per heavy atom. The quantitative estimate of drug-likeness (QED) is 0.667. The number of halogens is 1.